The minimum atomic E-state index is -0.148. The normalized spacial score (nSPS) is 14.9. The summed E-state index contributed by atoms with van der Waals surface area (Å²) in [4.78, 5) is 11.9. The molecule has 96 valence electrons. The van der Waals surface area contributed by atoms with Crippen molar-refractivity contribution in [3.8, 4) is 0 Å². The molecule has 0 amide bonds. The standard InChI is InChI=1S/C13H27NO2/c1-6-10(5)14-12(11(7-2)8-3)13(15)16-9-4/h10-12,14H,6-9H2,1-5H3. The molecule has 0 aromatic rings. The molecule has 3 heteroatoms. The summed E-state index contributed by atoms with van der Waals surface area (Å²) in [5, 5.41) is 3.38. The third-order valence-corrected chi connectivity index (χ3v) is 3.14. The second kappa shape index (κ2) is 8.57. The van der Waals surface area contributed by atoms with Crippen LogP contribution in [0.3, 0.4) is 0 Å². The quantitative estimate of drug-likeness (QED) is 0.650. The number of esters is 1. The fourth-order valence-electron chi connectivity index (χ4n) is 1.81. The molecule has 0 aliphatic carbocycles. The van der Waals surface area contributed by atoms with Crippen molar-refractivity contribution in [3.05, 3.63) is 0 Å². The van der Waals surface area contributed by atoms with Gasteiger partial charge in [-0.15, -0.1) is 0 Å². The number of carbonyl (C=O) groups excluding carboxylic acids is 1. The molecule has 0 fully saturated rings. The van der Waals surface area contributed by atoms with Gasteiger partial charge >= 0.3 is 5.97 Å². The third kappa shape index (κ3) is 4.97. The van der Waals surface area contributed by atoms with E-state index in [4.69, 9.17) is 4.74 Å². The Kier molecular flexibility index (Phi) is 8.26. The summed E-state index contributed by atoms with van der Waals surface area (Å²) in [5.41, 5.74) is 0. The van der Waals surface area contributed by atoms with Gasteiger partial charge in [-0.25, -0.2) is 0 Å². The van der Waals surface area contributed by atoms with Crippen molar-refractivity contribution in [2.45, 2.75) is 66.0 Å². The first-order valence-corrected chi connectivity index (χ1v) is 6.53. The topological polar surface area (TPSA) is 38.3 Å². The highest BCUT2D eigenvalue weighted by atomic mass is 16.5. The molecule has 0 rings (SSSR count). The van der Waals surface area contributed by atoms with Crippen LogP contribution in [0.1, 0.15) is 53.9 Å². The van der Waals surface area contributed by atoms with E-state index in [9.17, 15) is 4.79 Å². The van der Waals surface area contributed by atoms with Crippen LogP contribution in [-0.2, 0) is 9.53 Å². The van der Waals surface area contributed by atoms with Gasteiger partial charge in [0.15, 0.2) is 0 Å². The molecule has 2 unspecified atom stereocenters. The number of carbonyl (C=O) groups is 1. The van der Waals surface area contributed by atoms with Gasteiger partial charge in [0.05, 0.1) is 6.61 Å². The van der Waals surface area contributed by atoms with Crippen molar-refractivity contribution in [2.24, 2.45) is 5.92 Å². The molecule has 16 heavy (non-hydrogen) atoms. The smallest absolute Gasteiger partial charge is 0.323 e. The van der Waals surface area contributed by atoms with Crippen LogP contribution in [0.5, 0.6) is 0 Å². The molecule has 0 heterocycles. The van der Waals surface area contributed by atoms with E-state index in [-0.39, 0.29) is 12.0 Å². The Balaban J connectivity index is 4.53. The van der Waals surface area contributed by atoms with E-state index in [0.29, 0.717) is 18.6 Å². The zero-order valence-electron chi connectivity index (χ0n) is 11.4. The minimum absolute atomic E-state index is 0.100. The Hall–Kier alpha value is -0.570. The predicted octanol–water partition coefficient (Wildman–Crippen LogP) is 2.74. The van der Waals surface area contributed by atoms with Gasteiger partial charge in [-0.3, -0.25) is 4.79 Å². The van der Waals surface area contributed by atoms with Crippen LogP contribution < -0.4 is 5.32 Å². The van der Waals surface area contributed by atoms with Crippen LogP contribution in [0.2, 0.25) is 0 Å². The highest BCUT2D eigenvalue weighted by Gasteiger charge is 2.27. The summed E-state index contributed by atoms with van der Waals surface area (Å²) < 4.78 is 5.13. The van der Waals surface area contributed by atoms with Crippen molar-refractivity contribution < 1.29 is 9.53 Å². The lowest BCUT2D eigenvalue weighted by Crippen LogP contribution is -2.47. The van der Waals surface area contributed by atoms with E-state index in [0.717, 1.165) is 19.3 Å². The molecule has 2 atom stereocenters. The Labute approximate surface area is 99.9 Å². The van der Waals surface area contributed by atoms with Crippen molar-refractivity contribution in [3.63, 3.8) is 0 Å². The van der Waals surface area contributed by atoms with Crippen molar-refractivity contribution in [1.29, 1.82) is 0 Å². The Morgan fingerprint density at radius 1 is 1.12 bits per heavy atom. The molecular formula is C13H27NO2. The molecular weight excluding hydrogens is 202 g/mol. The molecule has 0 aromatic carbocycles. The number of hydrogen-bond donors (Lipinski definition) is 1. The minimum Gasteiger partial charge on any atom is -0.465 e. The average Bonchev–Trinajstić information content (AvgIpc) is 2.29. The summed E-state index contributed by atoms with van der Waals surface area (Å²) >= 11 is 0. The van der Waals surface area contributed by atoms with Crippen molar-refractivity contribution >= 4 is 5.97 Å². The SMILES string of the molecule is CCOC(=O)C(NC(C)CC)C(CC)CC. The first kappa shape index (κ1) is 15.4. The summed E-state index contributed by atoms with van der Waals surface area (Å²) in [5.74, 6) is 0.268. The van der Waals surface area contributed by atoms with Crippen molar-refractivity contribution in [1.82, 2.24) is 5.32 Å². The van der Waals surface area contributed by atoms with E-state index in [1.54, 1.807) is 0 Å². The molecule has 0 aromatic heterocycles. The molecule has 0 saturated heterocycles. The lowest BCUT2D eigenvalue weighted by Gasteiger charge is -2.27. The monoisotopic (exact) mass is 229 g/mol. The van der Waals surface area contributed by atoms with Gasteiger partial charge in [-0.05, 0) is 26.2 Å². The van der Waals surface area contributed by atoms with E-state index < -0.39 is 0 Å². The molecule has 0 spiro atoms. The van der Waals surface area contributed by atoms with Crippen LogP contribution in [0, 0.1) is 5.92 Å². The molecule has 0 aliphatic heterocycles. The summed E-state index contributed by atoms with van der Waals surface area (Å²) in [6.07, 6.45) is 3.03. The van der Waals surface area contributed by atoms with Crippen molar-refractivity contribution in [2.75, 3.05) is 6.61 Å². The second-order valence-electron chi connectivity index (χ2n) is 4.28. The maximum Gasteiger partial charge on any atom is 0.323 e. The second-order valence-corrected chi connectivity index (χ2v) is 4.28. The fourth-order valence-corrected chi connectivity index (χ4v) is 1.81. The fraction of sp³-hybridized carbons (Fsp3) is 0.923. The summed E-state index contributed by atoms with van der Waals surface area (Å²) in [6, 6.07) is 0.208. The van der Waals surface area contributed by atoms with Gasteiger partial charge in [-0.1, -0.05) is 33.6 Å². The van der Waals surface area contributed by atoms with Gasteiger partial charge in [0.2, 0.25) is 0 Å². The average molecular weight is 229 g/mol. The lowest BCUT2D eigenvalue weighted by molar-refractivity contribution is -0.147. The maximum absolute atomic E-state index is 11.9. The van der Waals surface area contributed by atoms with Crippen LogP contribution >= 0.6 is 0 Å². The van der Waals surface area contributed by atoms with Gasteiger partial charge in [0.25, 0.3) is 0 Å². The van der Waals surface area contributed by atoms with Gasteiger partial charge in [-0.2, -0.15) is 0 Å². The lowest BCUT2D eigenvalue weighted by atomic mass is 9.93. The van der Waals surface area contributed by atoms with E-state index in [1.807, 2.05) is 6.92 Å². The molecule has 3 nitrogen and oxygen atoms in total. The first-order valence-electron chi connectivity index (χ1n) is 6.53. The van der Waals surface area contributed by atoms with Crippen LogP contribution in [0.15, 0.2) is 0 Å². The van der Waals surface area contributed by atoms with Gasteiger partial charge in [0.1, 0.15) is 6.04 Å². The first-order chi connectivity index (χ1) is 7.60. The van der Waals surface area contributed by atoms with Gasteiger partial charge < -0.3 is 10.1 Å². The molecule has 1 N–H and O–H groups in total. The summed E-state index contributed by atoms with van der Waals surface area (Å²) in [7, 11) is 0. The zero-order valence-corrected chi connectivity index (χ0v) is 11.4. The number of hydrogen-bond acceptors (Lipinski definition) is 3. The number of ether oxygens (including phenoxy) is 1. The van der Waals surface area contributed by atoms with Gasteiger partial charge in [0, 0.05) is 6.04 Å². The molecule has 0 aliphatic rings. The molecule has 0 saturated carbocycles. The number of rotatable bonds is 8. The van der Waals surface area contributed by atoms with Crippen LogP contribution in [0.25, 0.3) is 0 Å². The van der Waals surface area contributed by atoms with Crippen LogP contribution in [0.4, 0.5) is 0 Å². The summed E-state index contributed by atoms with van der Waals surface area (Å²) in [6.45, 7) is 10.8. The highest BCUT2D eigenvalue weighted by molar-refractivity contribution is 5.76. The largest absolute Gasteiger partial charge is 0.465 e. The Morgan fingerprint density at radius 3 is 2.06 bits per heavy atom. The predicted molar refractivity (Wildman–Crippen MR) is 67.4 cm³/mol. The zero-order chi connectivity index (χ0) is 12.6. The molecule has 0 bridgehead atoms. The Bertz CT molecular complexity index is 190. The molecule has 0 radical (unpaired) electrons. The highest BCUT2D eigenvalue weighted by Crippen LogP contribution is 2.15. The maximum atomic E-state index is 11.9. The van der Waals surface area contributed by atoms with Crippen LogP contribution in [-0.4, -0.2) is 24.7 Å². The van der Waals surface area contributed by atoms with E-state index in [1.165, 1.54) is 0 Å². The third-order valence-electron chi connectivity index (χ3n) is 3.14. The van der Waals surface area contributed by atoms with E-state index in [2.05, 4.69) is 33.0 Å². The Morgan fingerprint density at radius 2 is 1.69 bits per heavy atom. The number of nitrogens with one attached hydrogen (secondary N) is 1. The van der Waals surface area contributed by atoms with E-state index >= 15 is 0 Å².